The summed E-state index contributed by atoms with van der Waals surface area (Å²) in [6, 6.07) is 15.3. The summed E-state index contributed by atoms with van der Waals surface area (Å²) in [5.74, 6) is -0.752. The number of amides is 3. The first-order valence-corrected chi connectivity index (χ1v) is 11.5. The maximum Gasteiger partial charge on any atom is 0.253 e. The van der Waals surface area contributed by atoms with Gasteiger partial charge in [-0.05, 0) is 37.5 Å². The number of carbonyl (C=O) groups excluding carboxylic acids is 3. The third-order valence-corrected chi connectivity index (χ3v) is 6.55. The predicted octanol–water partition coefficient (Wildman–Crippen LogP) is 4.04. The molecule has 0 bridgehead atoms. The first kappa shape index (κ1) is 22.1. The number of nitrogens with zero attached hydrogens (tertiary/aromatic N) is 1. The molecule has 0 spiro atoms. The van der Waals surface area contributed by atoms with E-state index in [9.17, 15) is 14.4 Å². The van der Waals surface area contributed by atoms with E-state index in [1.54, 1.807) is 24.3 Å². The van der Waals surface area contributed by atoms with Crippen molar-refractivity contribution in [1.82, 2.24) is 10.2 Å². The van der Waals surface area contributed by atoms with Crippen LogP contribution in [-0.4, -0.2) is 35.2 Å². The van der Waals surface area contributed by atoms with Gasteiger partial charge in [0.1, 0.15) is 0 Å². The van der Waals surface area contributed by atoms with Crippen LogP contribution in [0.3, 0.4) is 0 Å². The van der Waals surface area contributed by atoms with Crippen LogP contribution < -0.4 is 10.6 Å². The molecule has 4 rings (SSSR count). The molecule has 3 amide bonds. The Kier molecular flexibility index (Phi) is 6.88. The van der Waals surface area contributed by atoms with Crippen LogP contribution in [0.5, 0.6) is 0 Å². The van der Waals surface area contributed by atoms with Crippen LogP contribution in [0.4, 0.5) is 5.69 Å². The van der Waals surface area contributed by atoms with E-state index in [0.717, 1.165) is 31.2 Å². The molecule has 168 valence electrons. The number of aryl methyl sites for hydroxylation is 1. The summed E-state index contributed by atoms with van der Waals surface area (Å²) in [6.45, 7) is 2.90. The van der Waals surface area contributed by atoms with Gasteiger partial charge in [0.2, 0.25) is 11.8 Å². The molecule has 2 aromatic carbocycles. The SMILES string of the molecule is Cc1ccc(CNC(=O)c2ccccc2NC(=O)[C@@H]2CC(=O)N(C3CCCCC3)C2)cc1. The van der Waals surface area contributed by atoms with E-state index in [1.807, 2.05) is 36.1 Å². The summed E-state index contributed by atoms with van der Waals surface area (Å²) in [7, 11) is 0. The van der Waals surface area contributed by atoms with E-state index < -0.39 is 0 Å². The average Bonchev–Trinajstić information content (AvgIpc) is 3.21. The lowest BCUT2D eigenvalue weighted by Gasteiger charge is -2.31. The Morgan fingerprint density at radius 1 is 1.00 bits per heavy atom. The van der Waals surface area contributed by atoms with Crippen LogP contribution in [0.15, 0.2) is 48.5 Å². The zero-order valence-corrected chi connectivity index (χ0v) is 18.6. The molecule has 6 nitrogen and oxygen atoms in total. The molecule has 2 aromatic rings. The largest absolute Gasteiger partial charge is 0.348 e. The molecule has 1 saturated carbocycles. The number of carbonyl (C=O) groups is 3. The van der Waals surface area contributed by atoms with Crippen molar-refractivity contribution in [2.45, 2.75) is 58.0 Å². The number of hydrogen-bond donors (Lipinski definition) is 2. The zero-order valence-electron chi connectivity index (χ0n) is 18.6. The summed E-state index contributed by atoms with van der Waals surface area (Å²) in [4.78, 5) is 40.2. The van der Waals surface area contributed by atoms with Gasteiger partial charge in [-0.2, -0.15) is 0 Å². The first-order valence-electron chi connectivity index (χ1n) is 11.5. The molecule has 0 unspecified atom stereocenters. The molecule has 1 heterocycles. The molecule has 6 heteroatoms. The third kappa shape index (κ3) is 5.18. The predicted molar refractivity (Wildman–Crippen MR) is 124 cm³/mol. The van der Waals surface area contributed by atoms with Crippen LogP contribution >= 0.6 is 0 Å². The fourth-order valence-electron chi connectivity index (χ4n) is 4.66. The second-order valence-electron chi connectivity index (χ2n) is 8.94. The zero-order chi connectivity index (χ0) is 22.5. The van der Waals surface area contributed by atoms with Gasteiger partial charge in [0.15, 0.2) is 0 Å². The molecule has 2 N–H and O–H groups in total. The Hall–Kier alpha value is -3.15. The molecule has 2 fully saturated rings. The standard InChI is InChI=1S/C26H31N3O3/c1-18-11-13-19(14-12-18)16-27-26(32)22-9-5-6-10-23(22)28-25(31)20-15-24(30)29(17-20)21-7-3-2-4-8-21/h5-6,9-14,20-21H,2-4,7-8,15-17H2,1H3,(H,27,32)(H,28,31)/t20-/m1/s1. The van der Waals surface area contributed by atoms with Gasteiger partial charge in [-0.15, -0.1) is 0 Å². The molecular formula is C26H31N3O3. The molecular weight excluding hydrogens is 402 g/mol. The Morgan fingerprint density at radius 2 is 1.72 bits per heavy atom. The molecule has 1 aliphatic heterocycles. The maximum atomic E-state index is 13.0. The molecule has 32 heavy (non-hydrogen) atoms. The smallest absolute Gasteiger partial charge is 0.253 e. The van der Waals surface area contributed by atoms with Crippen LogP contribution in [0.25, 0.3) is 0 Å². The highest BCUT2D eigenvalue weighted by atomic mass is 16.2. The lowest BCUT2D eigenvalue weighted by molar-refractivity contribution is -0.130. The minimum absolute atomic E-state index is 0.0705. The topological polar surface area (TPSA) is 78.5 Å². The van der Waals surface area contributed by atoms with Crippen molar-refractivity contribution in [3.63, 3.8) is 0 Å². The molecule has 2 aliphatic rings. The van der Waals surface area contributed by atoms with Crippen molar-refractivity contribution in [3.05, 3.63) is 65.2 Å². The maximum absolute atomic E-state index is 13.0. The van der Waals surface area contributed by atoms with E-state index in [2.05, 4.69) is 10.6 Å². The Balaban J connectivity index is 1.38. The fraction of sp³-hybridized carbons (Fsp3) is 0.423. The van der Waals surface area contributed by atoms with Crippen molar-refractivity contribution < 1.29 is 14.4 Å². The van der Waals surface area contributed by atoms with Gasteiger partial charge in [0, 0.05) is 25.6 Å². The van der Waals surface area contributed by atoms with Crippen molar-refractivity contribution >= 4 is 23.4 Å². The molecule has 1 atom stereocenters. The van der Waals surface area contributed by atoms with Crippen LogP contribution in [0, 0.1) is 12.8 Å². The van der Waals surface area contributed by atoms with Gasteiger partial charge in [0.05, 0.1) is 17.2 Å². The second-order valence-corrected chi connectivity index (χ2v) is 8.94. The van der Waals surface area contributed by atoms with Gasteiger partial charge >= 0.3 is 0 Å². The minimum Gasteiger partial charge on any atom is -0.348 e. The highest BCUT2D eigenvalue weighted by Gasteiger charge is 2.38. The number of rotatable bonds is 6. The van der Waals surface area contributed by atoms with E-state index in [0.29, 0.717) is 24.3 Å². The average molecular weight is 434 g/mol. The van der Waals surface area contributed by atoms with Crippen LogP contribution in [0.1, 0.15) is 60.0 Å². The van der Waals surface area contributed by atoms with Gasteiger partial charge in [-0.1, -0.05) is 61.2 Å². The van der Waals surface area contributed by atoms with Crippen LogP contribution in [-0.2, 0) is 16.1 Å². The Bertz CT molecular complexity index is 980. The van der Waals surface area contributed by atoms with Gasteiger partial charge in [-0.25, -0.2) is 0 Å². The highest BCUT2D eigenvalue weighted by molar-refractivity contribution is 6.05. The lowest BCUT2D eigenvalue weighted by atomic mass is 9.94. The van der Waals surface area contributed by atoms with Crippen molar-refractivity contribution in [2.24, 2.45) is 5.92 Å². The van der Waals surface area contributed by atoms with E-state index in [-0.39, 0.29) is 36.1 Å². The summed E-state index contributed by atoms with van der Waals surface area (Å²) in [5, 5.41) is 5.83. The number of anilines is 1. The van der Waals surface area contributed by atoms with E-state index in [4.69, 9.17) is 0 Å². The summed E-state index contributed by atoms with van der Waals surface area (Å²) >= 11 is 0. The summed E-state index contributed by atoms with van der Waals surface area (Å²) in [6.07, 6.45) is 5.83. The fourth-order valence-corrected chi connectivity index (χ4v) is 4.66. The summed E-state index contributed by atoms with van der Waals surface area (Å²) in [5.41, 5.74) is 3.07. The normalized spacial score (nSPS) is 19.1. The van der Waals surface area contributed by atoms with E-state index >= 15 is 0 Å². The lowest BCUT2D eigenvalue weighted by Crippen LogP contribution is -2.38. The number of benzene rings is 2. The van der Waals surface area contributed by atoms with E-state index in [1.165, 1.54) is 12.0 Å². The molecule has 0 radical (unpaired) electrons. The highest BCUT2D eigenvalue weighted by Crippen LogP contribution is 2.29. The monoisotopic (exact) mass is 433 g/mol. The molecule has 1 aliphatic carbocycles. The number of nitrogens with one attached hydrogen (secondary N) is 2. The Morgan fingerprint density at radius 3 is 2.47 bits per heavy atom. The number of hydrogen-bond acceptors (Lipinski definition) is 3. The first-order chi connectivity index (χ1) is 15.5. The van der Waals surface area contributed by atoms with Gasteiger partial charge < -0.3 is 15.5 Å². The van der Waals surface area contributed by atoms with Crippen molar-refractivity contribution in [2.75, 3.05) is 11.9 Å². The second kappa shape index (κ2) is 9.98. The molecule has 0 aromatic heterocycles. The Labute approximate surface area is 189 Å². The quantitative estimate of drug-likeness (QED) is 0.722. The van der Waals surface area contributed by atoms with Gasteiger partial charge in [-0.3, -0.25) is 14.4 Å². The molecule has 1 saturated heterocycles. The number of para-hydroxylation sites is 1. The van der Waals surface area contributed by atoms with Gasteiger partial charge in [0.25, 0.3) is 5.91 Å². The van der Waals surface area contributed by atoms with Crippen molar-refractivity contribution in [1.29, 1.82) is 0 Å². The minimum atomic E-state index is -0.381. The van der Waals surface area contributed by atoms with Crippen molar-refractivity contribution in [3.8, 4) is 0 Å². The summed E-state index contributed by atoms with van der Waals surface area (Å²) < 4.78 is 0. The third-order valence-electron chi connectivity index (χ3n) is 6.55. The number of likely N-dealkylation sites (tertiary alicyclic amines) is 1. The van der Waals surface area contributed by atoms with Crippen LogP contribution in [0.2, 0.25) is 0 Å².